The van der Waals surface area contributed by atoms with Gasteiger partial charge in [-0.15, -0.1) is 0 Å². The number of sulfonamides is 1. The van der Waals surface area contributed by atoms with E-state index in [9.17, 15) is 33.2 Å². The number of phenols is 1. The lowest BCUT2D eigenvalue weighted by Gasteiger charge is -2.12. The molecule has 0 unspecified atom stereocenters. The molecule has 3 aromatic carbocycles. The predicted molar refractivity (Wildman–Crippen MR) is 118 cm³/mol. The number of nitro groups is 1. The second-order valence-electron chi connectivity index (χ2n) is 6.66. The fourth-order valence-corrected chi connectivity index (χ4v) is 3.69. The van der Waals surface area contributed by atoms with Gasteiger partial charge in [-0.3, -0.25) is 19.7 Å². The summed E-state index contributed by atoms with van der Waals surface area (Å²) in [7, 11) is -4.50. The van der Waals surface area contributed by atoms with Crippen molar-refractivity contribution in [3.63, 3.8) is 0 Å². The molecule has 0 aliphatic carbocycles. The maximum atomic E-state index is 12.8. The number of hydrogen-bond donors (Lipinski definition) is 3. The van der Waals surface area contributed by atoms with Crippen LogP contribution in [-0.2, 0) is 14.8 Å². The highest BCUT2D eigenvalue weighted by molar-refractivity contribution is 7.90. The third-order valence-corrected chi connectivity index (χ3v) is 5.63. The molecule has 0 aliphatic heterocycles. The van der Waals surface area contributed by atoms with Crippen molar-refractivity contribution in [1.29, 1.82) is 0 Å². The molecule has 3 rings (SSSR count). The van der Waals surface area contributed by atoms with E-state index < -0.39 is 43.0 Å². The minimum Gasteiger partial charge on any atom is -0.508 e. The van der Waals surface area contributed by atoms with Crippen LogP contribution in [0.3, 0.4) is 0 Å². The van der Waals surface area contributed by atoms with E-state index >= 15 is 0 Å². The van der Waals surface area contributed by atoms with Gasteiger partial charge in [0.05, 0.1) is 9.82 Å². The van der Waals surface area contributed by atoms with E-state index in [0.717, 1.165) is 18.2 Å². The van der Waals surface area contributed by atoms with Crippen LogP contribution in [0.25, 0.3) is 6.08 Å². The zero-order chi connectivity index (χ0) is 24.0. The first-order valence-corrected chi connectivity index (χ1v) is 10.8. The molecule has 0 aromatic heterocycles. The quantitative estimate of drug-likeness (QED) is 0.274. The highest BCUT2D eigenvalue weighted by atomic mass is 32.2. The molecule has 0 spiro atoms. The van der Waals surface area contributed by atoms with Crippen molar-refractivity contribution in [1.82, 2.24) is 10.0 Å². The van der Waals surface area contributed by atoms with Crippen LogP contribution >= 0.6 is 0 Å². The third kappa shape index (κ3) is 6.02. The number of rotatable bonds is 7. The minimum absolute atomic E-state index is 0.0280. The molecule has 3 aromatic rings. The van der Waals surface area contributed by atoms with Crippen LogP contribution in [0, 0.1) is 10.1 Å². The number of nitrogens with one attached hydrogen (secondary N) is 2. The van der Waals surface area contributed by atoms with Gasteiger partial charge >= 0.3 is 0 Å². The first kappa shape index (κ1) is 23.2. The van der Waals surface area contributed by atoms with Gasteiger partial charge in [0.25, 0.3) is 27.5 Å². The monoisotopic (exact) mass is 467 g/mol. The summed E-state index contributed by atoms with van der Waals surface area (Å²) in [5.41, 5.74) is -0.256. The van der Waals surface area contributed by atoms with Gasteiger partial charge in [0.15, 0.2) is 0 Å². The van der Waals surface area contributed by atoms with Crippen LogP contribution in [0.2, 0.25) is 0 Å². The molecule has 0 radical (unpaired) electrons. The van der Waals surface area contributed by atoms with Crippen molar-refractivity contribution < 1.29 is 28.0 Å². The molecule has 11 heteroatoms. The number of nitro benzene ring substituents is 1. The second kappa shape index (κ2) is 9.75. The maximum Gasteiger partial charge on any atom is 0.281 e. The molecule has 0 bridgehead atoms. The fourth-order valence-electron chi connectivity index (χ4n) is 2.68. The topological polar surface area (TPSA) is 156 Å². The standard InChI is InChI=1S/C22H17N3O7S/c26-18-11-9-15(10-12-18)13-20(23-21(27)16-5-2-1-3-6-16)22(28)24-33(31,32)19-8-4-7-17(14-19)25(29)30/h1-14,26H,(H,23,27)(H,24,28). The van der Waals surface area contributed by atoms with Gasteiger partial charge < -0.3 is 10.4 Å². The average Bonchev–Trinajstić information content (AvgIpc) is 2.80. The molecule has 0 aliphatic rings. The van der Waals surface area contributed by atoms with Crippen molar-refractivity contribution in [2.24, 2.45) is 0 Å². The predicted octanol–water partition coefficient (Wildman–Crippen LogP) is 2.58. The lowest BCUT2D eigenvalue weighted by atomic mass is 10.1. The average molecular weight is 467 g/mol. The van der Waals surface area contributed by atoms with Gasteiger partial charge in [-0.05, 0) is 42.0 Å². The summed E-state index contributed by atoms with van der Waals surface area (Å²) in [6.45, 7) is 0. The Hall–Kier alpha value is -4.51. The van der Waals surface area contributed by atoms with Crippen LogP contribution in [0.5, 0.6) is 5.75 Å². The second-order valence-corrected chi connectivity index (χ2v) is 8.34. The Morgan fingerprint density at radius 3 is 2.24 bits per heavy atom. The van der Waals surface area contributed by atoms with E-state index in [1.54, 1.807) is 22.9 Å². The number of amides is 2. The maximum absolute atomic E-state index is 12.8. The largest absolute Gasteiger partial charge is 0.508 e. The first-order valence-electron chi connectivity index (χ1n) is 9.34. The summed E-state index contributed by atoms with van der Waals surface area (Å²) >= 11 is 0. The molecule has 0 saturated carbocycles. The summed E-state index contributed by atoms with van der Waals surface area (Å²) in [5.74, 6) is -1.86. The highest BCUT2D eigenvalue weighted by Crippen LogP contribution is 2.18. The molecular formula is C22H17N3O7S. The van der Waals surface area contributed by atoms with Crippen molar-refractivity contribution in [2.75, 3.05) is 0 Å². The van der Waals surface area contributed by atoms with Crippen LogP contribution in [0.1, 0.15) is 15.9 Å². The molecule has 3 N–H and O–H groups in total. The van der Waals surface area contributed by atoms with Gasteiger partial charge in [-0.1, -0.05) is 36.4 Å². The highest BCUT2D eigenvalue weighted by Gasteiger charge is 2.23. The molecule has 33 heavy (non-hydrogen) atoms. The van der Waals surface area contributed by atoms with Crippen LogP contribution in [0.4, 0.5) is 5.69 Å². The van der Waals surface area contributed by atoms with E-state index in [1.807, 2.05) is 0 Å². The normalized spacial score (nSPS) is 11.5. The molecule has 168 valence electrons. The number of carbonyl (C=O) groups excluding carboxylic acids is 2. The van der Waals surface area contributed by atoms with Gasteiger partial charge in [0.2, 0.25) is 0 Å². The Morgan fingerprint density at radius 1 is 0.939 bits per heavy atom. The fraction of sp³-hybridized carbons (Fsp3) is 0. The smallest absolute Gasteiger partial charge is 0.281 e. The Labute approximate surface area is 188 Å². The van der Waals surface area contributed by atoms with Crippen molar-refractivity contribution in [3.8, 4) is 5.75 Å². The molecule has 2 amide bonds. The number of benzene rings is 3. The Kier molecular flexibility index (Phi) is 6.84. The molecule has 10 nitrogen and oxygen atoms in total. The van der Waals surface area contributed by atoms with E-state index in [1.165, 1.54) is 48.5 Å². The van der Waals surface area contributed by atoms with Gasteiger partial charge in [-0.25, -0.2) is 13.1 Å². The number of carbonyl (C=O) groups is 2. The molecule has 0 saturated heterocycles. The number of aromatic hydroxyl groups is 1. The lowest BCUT2D eigenvalue weighted by molar-refractivity contribution is -0.385. The van der Waals surface area contributed by atoms with Gasteiger partial charge in [-0.2, -0.15) is 0 Å². The first-order chi connectivity index (χ1) is 15.7. The molecular weight excluding hydrogens is 450 g/mol. The van der Waals surface area contributed by atoms with E-state index in [2.05, 4.69) is 5.32 Å². The van der Waals surface area contributed by atoms with Gasteiger partial charge in [0.1, 0.15) is 11.4 Å². The Balaban J connectivity index is 1.93. The van der Waals surface area contributed by atoms with Crippen LogP contribution in [-0.4, -0.2) is 30.3 Å². The van der Waals surface area contributed by atoms with Crippen LogP contribution < -0.4 is 10.0 Å². The summed E-state index contributed by atoms with van der Waals surface area (Å²) in [6, 6.07) is 17.7. The van der Waals surface area contributed by atoms with E-state index in [0.29, 0.717) is 5.56 Å². The summed E-state index contributed by atoms with van der Waals surface area (Å²) < 4.78 is 27.1. The van der Waals surface area contributed by atoms with Crippen LogP contribution in [0.15, 0.2) is 89.5 Å². The summed E-state index contributed by atoms with van der Waals surface area (Å²) in [4.78, 5) is 35.1. The van der Waals surface area contributed by atoms with Crippen molar-refractivity contribution >= 4 is 33.6 Å². The van der Waals surface area contributed by atoms with E-state index in [4.69, 9.17) is 0 Å². The Morgan fingerprint density at radius 2 is 1.61 bits per heavy atom. The number of phenolic OH excluding ortho intramolecular Hbond substituents is 1. The minimum atomic E-state index is -4.50. The third-order valence-electron chi connectivity index (χ3n) is 4.30. The van der Waals surface area contributed by atoms with Crippen molar-refractivity contribution in [3.05, 3.63) is 106 Å². The zero-order valence-electron chi connectivity index (χ0n) is 16.8. The Bertz CT molecular complexity index is 1340. The van der Waals surface area contributed by atoms with Gasteiger partial charge in [0, 0.05) is 17.7 Å². The van der Waals surface area contributed by atoms with E-state index in [-0.39, 0.29) is 11.3 Å². The summed E-state index contributed by atoms with van der Waals surface area (Å²) in [6.07, 6.45) is 1.22. The lowest BCUT2D eigenvalue weighted by Crippen LogP contribution is -2.38. The molecule has 0 fully saturated rings. The number of hydrogen-bond acceptors (Lipinski definition) is 7. The zero-order valence-corrected chi connectivity index (χ0v) is 17.7. The number of nitrogens with zero attached hydrogens (tertiary/aromatic N) is 1. The molecule has 0 heterocycles. The van der Waals surface area contributed by atoms with Crippen molar-refractivity contribution in [2.45, 2.75) is 4.90 Å². The number of non-ortho nitro benzene ring substituents is 1. The molecule has 0 atom stereocenters. The summed E-state index contributed by atoms with van der Waals surface area (Å²) in [5, 5.41) is 22.8. The SMILES string of the molecule is O=C(NS(=O)(=O)c1cccc([N+](=O)[O-])c1)C(=Cc1ccc(O)cc1)NC(=O)c1ccccc1.